The van der Waals surface area contributed by atoms with Crippen molar-refractivity contribution in [1.29, 1.82) is 0 Å². The zero-order valence-corrected chi connectivity index (χ0v) is 15.0. The SMILES string of the molecule is Cc1cccc(OCC(=O)Nc2ccc(N3CCC(C)CC3)cc2)c1. The molecule has 1 fully saturated rings. The zero-order chi connectivity index (χ0) is 17.6. The summed E-state index contributed by atoms with van der Waals surface area (Å²) < 4.78 is 5.53. The van der Waals surface area contributed by atoms with E-state index in [0.717, 1.165) is 30.3 Å². The fraction of sp³-hybridized carbons (Fsp3) is 0.381. The number of hydrogen-bond donors (Lipinski definition) is 1. The fourth-order valence-corrected chi connectivity index (χ4v) is 3.07. The van der Waals surface area contributed by atoms with Gasteiger partial charge in [0.2, 0.25) is 0 Å². The number of nitrogens with zero attached hydrogens (tertiary/aromatic N) is 1. The molecule has 1 heterocycles. The third-order valence-corrected chi connectivity index (χ3v) is 4.66. The molecule has 2 aromatic rings. The van der Waals surface area contributed by atoms with Crippen molar-refractivity contribution in [2.75, 3.05) is 29.9 Å². The molecule has 4 nitrogen and oxygen atoms in total. The van der Waals surface area contributed by atoms with Crippen molar-refractivity contribution < 1.29 is 9.53 Å². The summed E-state index contributed by atoms with van der Waals surface area (Å²) in [6, 6.07) is 15.8. The third-order valence-electron chi connectivity index (χ3n) is 4.66. The Hall–Kier alpha value is -2.49. The van der Waals surface area contributed by atoms with Crippen LogP contribution in [0.2, 0.25) is 0 Å². The van der Waals surface area contributed by atoms with Gasteiger partial charge in [-0.3, -0.25) is 4.79 Å². The van der Waals surface area contributed by atoms with Gasteiger partial charge in [-0.15, -0.1) is 0 Å². The first-order chi connectivity index (χ1) is 12.1. The van der Waals surface area contributed by atoms with E-state index in [-0.39, 0.29) is 12.5 Å². The van der Waals surface area contributed by atoms with Crippen LogP contribution in [0.15, 0.2) is 48.5 Å². The van der Waals surface area contributed by atoms with Crippen LogP contribution < -0.4 is 15.0 Å². The molecular formula is C21H26N2O2. The molecule has 0 aliphatic carbocycles. The van der Waals surface area contributed by atoms with Crippen LogP contribution in [0, 0.1) is 12.8 Å². The first-order valence-corrected chi connectivity index (χ1v) is 8.94. The molecular weight excluding hydrogens is 312 g/mol. The number of rotatable bonds is 5. The maximum absolute atomic E-state index is 12.0. The highest BCUT2D eigenvalue weighted by atomic mass is 16.5. The molecule has 0 bridgehead atoms. The maximum Gasteiger partial charge on any atom is 0.262 e. The Morgan fingerprint density at radius 2 is 1.88 bits per heavy atom. The van der Waals surface area contributed by atoms with Crippen molar-refractivity contribution in [3.63, 3.8) is 0 Å². The largest absolute Gasteiger partial charge is 0.484 e. The minimum Gasteiger partial charge on any atom is -0.484 e. The van der Waals surface area contributed by atoms with Crippen LogP contribution in [0.25, 0.3) is 0 Å². The van der Waals surface area contributed by atoms with Crippen LogP contribution >= 0.6 is 0 Å². The lowest BCUT2D eigenvalue weighted by molar-refractivity contribution is -0.118. The van der Waals surface area contributed by atoms with Gasteiger partial charge in [0.15, 0.2) is 6.61 Å². The van der Waals surface area contributed by atoms with Crippen molar-refractivity contribution in [2.45, 2.75) is 26.7 Å². The molecule has 1 aliphatic rings. The Labute approximate surface area is 149 Å². The molecule has 25 heavy (non-hydrogen) atoms. The molecule has 1 aliphatic heterocycles. The number of piperidine rings is 1. The van der Waals surface area contributed by atoms with Crippen LogP contribution in [0.1, 0.15) is 25.3 Å². The molecule has 1 amide bonds. The molecule has 132 valence electrons. The number of amides is 1. The molecule has 0 radical (unpaired) electrons. The Bertz CT molecular complexity index is 704. The summed E-state index contributed by atoms with van der Waals surface area (Å²) in [7, 11) is 0. The van der Waals surface area contributed by atoms with Gasteiger partial charge in [-0.1, -0.05) is 19.1 Å². The summed E-state index contributed by atoms with van der Waals surface area (Å²) in [5.74, 6) is 1.38. The first kappa shape index (κ1) is 17.3. The van der Waals surface area contributed by atoms with E-state index in [1.165, 1.54) is 18.5 Å². The van der Waals surface area contributed by atoms with Gasteiger partial charge >= 0.3 is 0 Å². The van der Waals surface area contributed by atoms with Gasteiger partial charge in [-0.05, 0) is 67.6 Å². The van der Waals surface area contributed by atoms with Gasteiger partial charge in [-0.25, -0.2) is 0 Å². The topological polar surface area (TPSA) is 41.6 Å². The molecule has 0 atom stereocenters. The Morgan fingerprint density at radius 3 is 2.56 bits per heavy atom. The lowest BCUT2D eigenvalue weighted by Gasteiger charge is -2.32. The minimum atomic E-state index is -0.152. The summed E-state index contributed by atoms with van der Waals surface area (Å²) in [5.41, 5.74) is 3.13. The quantitative estimate of drug-likeness (QED) is 0.886. The Kier molecular flexibility index (Phi) is 5.59. The van der Waals surface area contributed by atoms with Crippen LogP contribution in [0.5, 0.6) is 5.75 Å². The highest BCUT2D eigenvalue weighted by molar-refractivity contribution is 5.92. The molecule has 4 heteroatoms. The lowest BCUT2D eigenvalue weighted by Crippen LogP contribution is -2.32. The third kappa shape index (κ3) is 4.99. The molecule has 1 saturated heterocycles. The molecule has 0 unspecified atom stereocenters. The van der Waals surface area contributed by atoms with Gasteiger partial charge < -0.3 is 15.0 Å². The highest BCUT2D eigenvalue weighted by Crippen LogP contribution is 2.24. The normalized spacial score (nSPS) is 15.0. The second-order valence-electron chi connectivity index (χ2n) is 6.87. The predicted molar refractivity (Wildman–Crippen MR) is 102 cm³/mol. The second-order valence-corrected chi connectivity index (χ2v) is 6.87. The van der Waals surface area contributed by atoms with Crippen LogP contribution in [-0.4, -0.2) is 25.6 Å². The predicted octanol–water partition coefficient (Wildman–Crippen LogP) is 4.25. The van der Waals surface area contributed by atoms with Gasteiger partial charge in [-0.2, -0.15) is 0 Å². The van der Waals surface area contributed by atoms with Gasteiger partial charge in [0.05, 0.1) is 0 Å². The van der Waals surface area contributed by atoms with E-state index in [0.29, 0.717) is 5.75 Å². The molecule has 0 saturated carbocycles. The van der Waals surface area contributed by atoms with Crippen molar-refractivity contribution in [3.8, 4) is 5.75 Å². The van der Waals surface area contributed by atoms with E-state index < -0.39 is 0 Å². The molecule has 1 N–H and O–H groups in total. The second kappa shape index (κ2) is 8.06. The van der Waals surface area contributed by atoms with Crippen molar-refractivity contribution in [3.05, 3.63) is 54.1 Å². The summed E-state index contributed by atoms with van der Waals surface area (Å²) in [6.07, 6.45) is 2.49. The van der Waals surface area contributed by atoms with E-state index in [1.807, 2.05) is 43.3 Å². The number of benzene rings is 2. The van der Waals surface area contributed by atoms with Crippen LogP contribution in [-0.2, 0) is 4.79 Å². The van der Waals surface area contributed by atoms with Crippen molar-refractivity contribution in [2.24, 2.45) is 5.92 Å². The zero-order valence-electron chi connectivity index (χ0n) is 15.0. The molecule has 3 rings (SSSR count). The summed E-state index contributed by atoms with van der Waals surface area (Å²) in [5, 5.41) is 2.88. The Balaban J connectivity index is 1.50. The molecule has 2 aromatic carbocycles. The fourth-order valence-electron chi connectivity index (χ4n) is 3.07. The maximum atomic E-state index is 12.0. The number of carbonyl (C=O) groups excluding carboxylic acids is 1. The van der Waals surface area contributed by atoms with Crippen LogP contribution in [0.3, 0.4) is 0 Å². The Morgan fingerprint density at radius 1 is 1.16 bits per heavy atom. The summed E-state index contributed by atoms with van der Waals surface area (Å²) in [4.78, 5) is 14.5. The van der Waals surface area contributed by atoms with E-state index in [2.05, 4.69) is 29.3 Å². The average Bonchev–Trinajstić information content (AvgIpc) is 2.62. The van der Waals surface area contributed by atoms with E-state index in [4.69, 9.17) is 4.74 Å². The first-order valence-electron chi connectivity index (χ1n) is 8.94. The standard InChI is InChI=1S/C21H26N2O2/c1-16-10-12-23(13-11-16)19-8-6-18(7-9-19)22-21(24)15-25-20-5-3-4-17(2)14-20/h3-9,14,16H,10-13,15H2,1-2H3,(H,22,24). The number of carbonyl (C=O) groups is 1. The minimum absolute atomic E-state index is 0.00915. The summed E-state index contributed by atoms with van der Waals surface area (Å²) >= 11 is 0. The van der Waals surface area contributed by atoms with E-state index in [1.54, 1.807) is 0 Å². The number of aryl methyl sites for hydroxylation is 1. The highest BCUT2D eigenvalue weighted by Gasteiger charge is 2.15. The van der Waals surface area contributed by atoms with Gasteiger partial charge in [0.1, 0.15) is 5.75 Å². The summed E-state index contributed by atoms with van der Waals surface area (Å²) in [6.45, 7) is 6.54. The van der Waals surface area contributed by atoms with E-state index >= 15 is 0 Å². The number of hydrogen-bond acceptors (Lipinski definition) is 3. The van der Waals surface area contributed by atoms with Crippen molar-refractivity contribution >= 4 is 17.3 Å². The lowest BCUT2D eigenvalue weighted by atomic mass is 9.99. The van der Waals surface area contributed by atoms with Crippen LogP contribution in [0.4, 0.5) is 11.4 Å². The number of anilines is 2. The smallest absolute Gasteiger partial charge is 0.262 e. The number of nitrogens with one attached hydrogen (secondary N) is 1. The number of ether oxygens (including phenoxy) is 1. The van der Waals surface area contributed by atoms with E-state index in [9.17, 15) is 4.79 Å². The monoisotopic (exact) mass is 338 g/mol. The molecule has 0 aromatic heterocycles. The average molecular weight is 338 g/mol. The van der Waals surface area contributed by atoms with Gasteiger partial charge in [0.25, 0.3) is 5.91 Å². The van der Waals surface area contributed by atoms with Crippen molar-refractivity contribution in [1.82, 2.24) is 0 Å². The molecule has 0 spiro atoms. The van der Waals surface area contributed by atoms with Gasteiger partial charge in [0, 0.05) is 24.5 Å².